The summed E-state index contributed by atoms with van der Waals surface area (Å²) < 4.78 is 16.3. The molecule has 1 spiro atoms. The fraction of sp³-hybridized carbons (Fsp3) is 0.657. The number of hydrogen-bond acceptors (Lipinski definition) is 10. The summed E-state index contributed by atoms with van der Waals surface area (Å²) in [5, 5.41) is 7.40. The average molecular weight is 707 g/mol. The zero-order chi connectivity index (χ0) is 35.8. The standard InChI is InChI=1S/C34H47ClN4O9.CH4/c1-32(2,3)28(37-31(44)47-33(4,5)6)30(43)39-17-34(15-22(38-48-34)20-13-21(35)26(46-8)14-25(20)45-7)16-23(39)24(40)12-19(11-18-9-10-18)27(41)29(36)42;/h13-14,18-19,23,28H,9-12,15-17H2,1-8H3,(H2,36,42)(H,37,44);1H4/t19-,23+,28-,34-;/m1./s1. The summed E-state index contributed by atoms with van der Waals surface area (Å²) in [7, 11) is 2.99. The van der Waals surface area contributed by atoms with Gasteiger partial charge in [0, 0.05) is 36.8 Å². The highest BCUT2D eigenvalue weighted by Gasteiger charge is 2.56. The largest absolute Gasteiger partial charge is 0.496 e. The monoisotopic (exact) mass is 706 g/mol. The molecule has 0 bridgehead atoms. The van der Waals surface area contributed by atoms with Crippen molar-refractivity contribution in [3.8, 4) is 11.5 Å². The molecule has 14 heteroatoms. The van der Waals surface area contributed by atoms with Crippen molar-refractivity contribution >= 4 is 46.8 Å². The second-order valence-electron chi connectivity index (χ2n) is 15.1. The van der Waals surface area contributed by atoms with Gasteiger partial charge >= 0.3 is 6.09 Å². The smallest absolute Gasteiger partial charge is 0.408 e. The Morgan fingerprint density at radius 1 is 1.08 bits per heavy atom. The number of amides is 3. The van der Waals surface area contributed by atoms with Crippen LogP contribution in [0.2, 0.25) is 5.02 Å². The van der Waals surface area contributed by atoms with Crippen molar-refractivity contribution in [3.63, 3.8) is 0 Å². The first-order valence-corrected chi connectivity index (χ1v) is 16.5. The summed E-state index contributed by atoms with van der Waals surface area (Å²) in [5.41, 5.74) is 3.68. The lowest BCUT2D eigenvalue weighted by Crippen LogP contribution is -2.57. The minimum Gasteiger partial charge on any atom is -0.496 e. The van der Waals surface area contributed by atoms with Gasteiger partial charge in [0.15, 0.2) is 11.4 Å². The van der Waals surface area contributed by atoms with E-state index in [-0.39, 0.29) is 39.2 Å². The van der Waals surface area contributed by atoms with Gasteiger partial charge in [0.25, 0.3) is 5.91 Å². The molecule has 2 aliphatic heterocycles. The third-order valence-electron chi connectivity index (χ3n) is 8.83. The van der Waals surface area contributed by atoms with E-state index in [1.54, 1.807) is 53.7 Å². The van der Waals surface area contributed by atoms with E-state index in [0.717, 1.165) is 12.8 Å². The molecule has 13 nitrogen and oxygen atoms in total. The summed E-state index contributed by atoms with van der Waals surface area (Å²) in [6.07, 6.45) is 1.39. The lowest BCUT2D eigenvalue weighted by Gasteiger charge is -2.36. The molecular formula is C35H51ClN4O9. The summed E-state index contributed by atoms with van der Waals surface area (Å²) in [4.78, 5) is 73.6. The fourth-order valence-corrected chi connectivity index (χ4v) is 6.51. The number of carbonyl (C=O) groups is 5. The van der Waals surface area contributed by atoms with Crippen LogP contribution in [0, 0.1) is 17.3 Å². The highest BCUT2D eigenvalue weighted by atomic mass is 35.5. The van der Waals surface area contributed by atoms with Crippen LogP contribution in [0.15, 0.2) is 17.3 Å². The molecule has 0 radical (unpaired) electrons. The number of ether oxygens (including phenoxy) is 3. The van der Waals surface area contributed by atoms with Gasteiger partial charge < -0.3 is 35.0 Å². The Balaban J connectivity index is 0.00000650. The Hall–Kier alpha value is -3.87. The van der Waals surface area contributed by atoms with E-state index in [2.05, 4.69) is 10.5 Å². The number of nitrogens with two attached hydrogens (primary N) is 1. The number of oxime groups is 1. The molecule has 49 heavy (non-hydrogen) atoms. The number of nitrogens with one attached hydrogen (secondary N) is 1. The summed E-state index contributed by atoms with van der Waals surface area (Å²) >= 11 is 6.43. The minimum absolute atomic E-state index is 0. The fourth-order valence-electron chi connectivity index (χ4n) is 6.27. The Kier molecular flexibility index (Phi) is 12.1. The zero-order valence-electron chi connectivity index (χ0n) is 28.9. The molecule has 2 fully saturated rings. The molecule has 1 aliphatic carbocycles. The van der Waals surface area contributed by atoms with Crippen molar-refractivity contribution in [2.45, 2.75) is 111 Å². The maximum Gasteiger partial charge on any atom is 0.408 e. The molecule has 1 aromatic rings. The maximum absolute atomic E-state index is 14.4. The number of Topliss-reactive ketones (excluding diaryl/α,β-unsaturated/α-hetero) is 2. The number of ketones is 2. The molecule has 2 heterocycles. The van der Waals surface area contributed by atoms with Gasteiger partial charge in [0.1, 0.15) is 23.1 Å². The molecule has 3 aliphatic rings. The number of primary amides is 1. The first-order valence-electron chi connectivity index (χ1n) is 16.1. The van der Waals surface area contributed by atoms with E-state index in [0.29, 0.717) is 34.2 Å². The minimum atomic E-state index is -1.11. The molecule has 3 amide bonds. The SMILES string of the molecule is C.COc1cc(OC)c(C2=NO[C@]3(C2)C[C@@H](C(=O)C[C@@H](CC2CC2)C(=O)C(N)=O)N(C(=O)[C@@H](NC(=O)OC(C)(C)C)C(C)(C)C)C3)cc1Cl. The molecule has 4 atom stereocenters. The summed E-state index contributed by atoms with van der Waals surface area (Å²) in [6.45, 7) is 10.5. The predicted molar refractivity (Wildman–Crippen MR) is 184 cm³/mol. The Morgan fingerprint density at radius 3 is 2.24 bits per heavy atom. The van der Waals surface area contributed by atoms with E-state index in [1.165, 1.54) is 19.1 Å². The van der Waals surface area contributed by atoms with Crippen molar-refractivity contribution in [1.29, 1.82) is 0 Å². The molecule has 0 aromatic heterocycles. The second kappa shape index (κ2) is 14.9. The van der Waals surface area contributed by atoms with Gasteiger partial charge in [-0.2, -0.15) is 0 Å². The van der Waals surface area contributed by atoms with Crippen molar-refractivity contribution in [1.82, 2.24) is 10.2 Å². The zero-order valence-corrected chi connectivity index (χ0v) is 29.7. The molecule has 4 rings (SSSR count). The molecule has 272 valence electrons. The summed E-state index contributed by atoms with van der Waals surface area (Å²) in [5.74, 6) is -2.63. The first-order chi connectivity index (χ1) is 22.3. The van der Waals surface area contributed by atoms with Crippen LogP contribution in [0.5, 0.6) is 11.5 Å². The van der Waals surface area contributed by atoms with Crippen LogP contribution in [-0.4, -0.2) is 84.1 Å². The van der Waals surface area contributed by atoms with E-state index < -0.39 is 64.1 Å². The van der Waals surface area contributed by atoms with Crippen molar-refractivity contribution in [2.24, 2.45) is 28.1 Å². The van der Waals surface area contributed by atoms with Gasteiger partial charge in [-0.3, -0.25) is 19.2 Å². The quantitative estimate of drug-likeness (QED) is 0.289. The van der Waals surface area contributed by atoms with Crippen LogP contribution >= 0.6 is 11.6 Å². The summed E-state index contributed by atoms with van der Waals surface area (Å²) in [6, 6.07) is 1.16. The van der Waals surface area contributed by atoms with Crippen molar-refractivity contribution in [3.05, 3.63) is 22.7 Å². The van der Waals surface area contributed by atoms with Crippen LogP contribution in [0.25, 0.3) is 0 Å². The predicted octanol–water partition coefficient (Wildman–Crippen LogP) is 4.83. The normalized spacial score (nSPS) is 21.5. The first kappa shape index (κ1) is 39.6. The lowest BCUT2D eigenvalue weighted by atomic mass is 9.85. The van der Waals surface area contributed by atoms with Crippen LogP contribution in [0.4, 0.5) is 4.79 Å². The number of carbonyl (C=O) groups excluding carboxylic acids is 5. The van der Waals surface area contributed by atoms with Gasteiger partial charge in [0.2, 0.25) is 11.7 Å². The topological polar surface area (TPSA) is 176 Å². The highest BCUT2D eigenvalue weighted by molar-refractivity contribution is 6.36. The Labute approximate surface area is 293 Å². The molecular weight excluding hydrogens is 656 g/mol. The Morgan fingerprint density at radius 2 is 1.71 bits per heavy atom. The number of rotatable bonds is 12. The van der Waals surface area contributed by atoms with E-state index in [4.69, 9.17) is 36.4 Å². The van der Waals surface area contributed by atoms with Crippen LogP contribution in [-0.2, 0) is 28.8 Å². The maximum atomic E-state index is 14.4. The van der Waals surface area contributed by atoms with E-state index in [1.807, 2.05) is 0 Å². The molecule has 3 N–H and O–H groups in total. The van der Waals surface area contributed by atoms with Gasteiger partial charge in [0.05, 0.1) is 37.5 Å². The van der Waals surface area contributed by atoms with Gasteiger partial charge in [-0.15, -0.1) is 0 Å². The third kappa shape index (κ3) is 9.43. The van der Waals surface area contributed by atoms with Crippen molar-refractivity contribution < 1.29 is 43.0 Å². The number of hydrogen-bond donors (Lipinski definition) is 2. The molecule has 1 saturated carbocycles. The van der Waals surface area contributed by atoms with Gasteiger partial charge in [-0.25, -0.2) is 4.79 Å². The number of nitrogens with zero attached hydrogens (tertiary/aromatic N) is 2. The molecule has 1 saturated heterocycles. The number of alkyl carbamates (subject to hydrolysis) is 1. The van der Waals surface area contributed by atoms with Crippen molar-refractivity contribution in [2.75, 3.05) is 20.8 Å². The molecule has 0 unspecified atom stereocenters. The Bertz CT molecular complexity index is 1490. The highest BCUT2D eigenvalue weighted by Crippen LogP contribution is 2.44. The number of halogens is 1. The molecule has 1 aromatic carbocycles. The van der Waals surface area contributed by atoms with Crippen LogP contribution < -0.4 is 20.5 Å². The number of benzene rings is 1. The number of likely N-dealkylation sites (tertiary alicyclic amines) is 1. The number of methoxy groups -OCH3 is 2. The van der Waals surface area contributed by atoms with Gasteiger partial charge in [-0.1, -0.05) is 57.8 Å². The third-order valence-corrected chi connectivity index (χ3v) is 9.12. The lowest BCUT2D eigenvalue weighted by molar-refractivity contribution is -0.143. The van der Waals surface area contributed by atoms with E-state index in [9.17, 15) is 24.0 Å². The average Bonchev–Trinajstić information content (AvgIpc) is 3.59. The van der Waals surface area contributed by atoms with Gasteiger partial charge in [-0.05, 0) is 44.6 Å². The second-order valence-corrected chi connectivity index (χ2v) is 15.5. The van der Waals surface area contributed by atoms with Crippen LogP contribution in [0.1, 0.15) is 93.1 Å². The van der Waals surface area contributed by atoms with E-state index >= 15 is 0 Å². The van der Waals surface area contributed by atoms with Crippen LogP contribution in [0.3, 0.4) is 0 Å².